The molecule has 1 N–H and O–H groups in total. The minimum absolute atomic E-state index is 0.614. The number of aryl methyl sites for hydroxylation is 1. The molecule has 0 spiro atoms. The van der Waals surface area contributed by atoms with Gasteiger partial charge in [0.1, 0.15) is 0 Å². The van der Waals surface area contributed by atoms with E-state index < -0.39 is 0 Å². The lowest BCUT2D eigenvalue weighted by molar-refractivity contribution is 0.499. The highest BCUT2D eigenvalue weighted by atomic mass is 79.9. The molecule has 1 aliphatic rings. The van der Waals surface area contributed by atoms with Crippen molar-refractivity contribution < 1.29 is 0 Å². The van der Waals surface area contributed by atoms with E-state index in [1.54, 1.807) is 0 Å². The summed E-state index contributed by atoms with van der Waals surface area (Å²) in [7, 11) is 0. The van der Waals surface area contributed by atoms with Gasteiger partial charge < -0.3 is 10.2 Å². The van der Waals surface area contributed by atoms with Crippen molar-refractivity contribution in [2.45, 2.75) is 32.7 Å². The van der Waals surface area contributed by atoms with Crippen molar-refractivity contribution in [1.82, 2.24) is 5.32 Å². The number of hydrogen-bond donors (Lipinski definition) is 1. The highest BCUT2D eigenvalue weighted by Crippen LogP contribution is 2.26. The first-order valence-electron chi connectivity index (χ1n) is 6.42. The van der Waals surface area contributed by atoms with Crippen molar-refractivity contribution in [3.8, 4) is 0 Å². The molecule has 0 amide bonds. The van der Waals surface area contributed by atoms with Crippen LogP contribution in [0, 0.1) is 6.92 Å². The fourth-order valence-corrected chi connectivity index (χ4v) is 2.96. The van der Waals surface area contributed by atoms with Crippen molar-refractivity contribution in [3.05, 3.63) is 28.2 Å². The third-order valence-corrected chi connectivity index (χ3v) is 3.99. The van der Waals surface area contributed by atoms with E-state index in [2.05, 4.69) is 58.2 Å². The van der Waals surface area contributed by atoms with Crippen LogP contribution in [0.5, 0.6) is 0 Å². The summed E-state index contributed by atoms with van der Waals surface area (Å²) < 4.78 is 1.17. The average molecular weight is 297 g/mol. The van der Waals surface area contributed by atoms with Crippen LogP contribution in [0.15, 0.2) is 22.7 Å². The van der Waals surface area contributed by atoms with Crippen LogP contribution >= 0.6 is 15.9 Å². The summed E-state index contributed by atoms with van der Waals surface area (Å²) in [6.45, 7) is 7.95. The van der Waals surface area contributed by atoms with Gasteiger partial charge >= 0.3 is 0 Å². The number of nitrogens with one attached hydrogen (secondary N) is 1. The van der Waals surface area contributed by atoms with E-state index in [4.69, 9.17) is 0 Å². The van der Waals surface area contributed by atoms with Gasteiger partial charge in [0.05, 0.1) is 0 Å². The molecule has 1 aromatic carbocycles. The zero-order valence-corrected chi connectivity index (χ0v) is 12.3. The Kier molecular flexibility index (Phi) is 4.46. The maximum absolute atomic E-state index is 3.53. The Hall–Kier alpha value is -0.540. The molecule has 0 radical (unpaired) electrons. The van der Waals surface area contributed by atoms with Crippen molar-refractivity contribution in [3.63, 3.8) is 0 Å². The second kappa shape index (κ2) is 5.87. The second-order valence-corrected chi connectivity index (χ2v) is 5.78. The Bertz CT molecular complexity index is 378. The number of anilines is 1. The maximum Gasteiger partial charge on any atom is 0.0399 e. The fraction of sp³-hybridized carbons (Fsp3) is 0.571. The molecule has 1 saturated heterocycles. The van der Waals surface area contributed by atoms with E-state index in [0.717, 1.165) is 19.6 Å². The first-order valence-corrected chi connectivity index (χ1v) is 7.21. The molecule has 1 aliphatic heterocycles. The number of hydrogen-bond acceptors (Lipinski definition) is 2. The lowest BCUT2D eigenvalue weighted by Crippen LogP contribution is -2.40. The molecular weight excluding hydrogens is 276 g/mol. The monoisotopic (exact) mass is 296 g/mol. The van der Waals surface area contributed by atoms with E-state index in [9.17, 15) is 0 Å². The summed E-state index contributed by atoms with van der Waals surface area (Å²) in [5.74, 6) is 0. The molecule has 2 nitrogen and oxygen atoms in total. The number of rotatable bonds is 1. The lowest BCUT2D eigenvalue weighted by Gasteiger charge is -2.34. The molecule has 2 rings (SSSR count). The Morgan fingerprint density at radius 1 is 1.35 bits per heavy atom. The Morgan fingerprint density at radius 2 is 2.18 bits per heavy atom. The molecular formula is C14H21BrN2. The third-order valence-electron chi connectivity index (χ3n) is 3.49. The zero-order chi connectivity index (χ0) is 12.3. The van der Waals surface area contributed by atoms with Gasteiger partial charge in [-0.05, 0) is 63.5 Å². The predicted octanol–water partition coefficient (Wildman–Crippen LogP) is 3.34. The first-order chi connectivity index (χ1) is 8.18. The van der Waals surface area contributed by atoms with Crippen LogP contribution in [0.25, 0.3) is 0 Å². The van der Waals surface area contributed by atoms with E-state index in [0.29, 0.717) is 6.04 Å². The first kappa shape index (κ1) is 12.9. The van der Waals surface area contributed by atoms with Crippen molar-refractivity contribution in [1.29, 1.82) is 0 Å². The molecule has 17 heavy (non-hydrogen) atoms. The normalized spacial score (nSPS) is 22.1. The summed E-state index contributed by atoms with van der Waals surface area (Å²) in [5.41, 5.74) is 2.75. The van der Waals surface area contributed by atoms with Crippen LogP contribution in [0.4, 0.5) is 5.69 Å². The average Bonchev–Trinajstić information content (AvgIpc) is 2.26. The Balaban J connectivity index is 2.22. The summed E-state index contributed by atoms with van der Waals surface area (Å²) in [6.07, 6.45) is 2.44. The van der Waals surface area contributed by atoms with Gasteiger partial charge in [-0.3, -0.25) is 0 Å². The van der Waals surface area contributed by atoms with Crippen molar-refractivity contribution in [2.75, 3.05) is 24.5 Å². The molecule has 0 bridgehead atoms. The topological polar surface area (TPSA) is 15.3 Å². The molecule has 0 aliphatic carbocycles. The zero-order valence-electron chi connectivity index (χ0n) is 10.7. The standard InChI is InChI=1S/C14H21BrN2/c1-11-10-13(15)4-5-14(11)17-9-3-7-16-8-6-12(17)2/h4-5,10,12,16H,3,6-9H2,1-2H3. The summed E-state index contributed by atoms with van der Waals surface area (Å²) in [6, 6.07) is 7.21. The molecule has 1 fully saturated rings. The van der Waals surface area contributed by atoms with Crippen molar-refractivity contribution >= 4 is 21.6 Å². The molecule has 1 unspecified atom stereocenters. The maximum atomic E-state index is 3.53. The largest absolute Gasteiger partial charge is 0.369 e. The minimum Gasteiger partial charge on any atom is -0.369 e. The van der Waals surface area contributed by atoms with E-state index in [1.807, 2.05) is 0 Å². The summed E-state index contributed by atoms with van der Waals surface area (Å²) in [4.78, 5) is 2.56. The lowest BCUT2D eigenvalue weighted by atomic mass is 10.1. The van der Waals surface area contributed by atoms with Gasteiger partial charge in [-0.25, -0.2) is 0 Å². The highest BCUT2D eigenvalue weighted by Gasteiger charge is 2.17. The van der Waals surface area contributed by atoms with Gasteiger partial charge in [0.2, 0.25) is 0 Å². The Morgan fingerprint density at radius 3 is 2.94 bits per heavy atom. The van der Waals surface area contributed by atoms with E-state index >= 15 is 0 Å². The van der Waals surface area contributed by atoms with Crippen LogP contribution in [-0.4, -0.2) is 25.7 Å². The minimum atomic E-state index is 0.614. The van der Waals surface area contributed by atoms with Gasteiger partial charge in [0, 0.05) is 22.7 Å². The van der Waals surface area contributed by atoms with Crippen LogP contribution in [-0.2, 0) is 0 Å². The van der Waals surface area contributed by atoms with Crippen LogP contribution in [0.3, 0.4) is 0 Å². The summed E-state index contributed by atoms with van der Waals surface area (Å²) in [5, 5.41) is 3.48. The molecule has 1 aromatic rings. The quantitative estimate of drug-likeness (QED) is 0.855. The van der Waals surface area contributed by atoms with Crippen LogP contribution in [0.2, 0.25) is 0 Å². The van der Waals surface area contributed by atoms with Gasteiger partial charge in [-0.2, -0.15) is 0 Å². The van der Waals surface area contributed by atoms with E-state index in [1.165, 1.54) is 28.6 Å². The Labute approximate surface area is 113 Å². The number of nitrogens with zero attached hydrogens (tertiary/aromatic N) is 1. The second-order valence-electron chi connectivity index (χ2n) is 4.87. The van der Waals surface area contributed by atoms with Crippen LogP contribution < -0.4 is 10.2 Å². The van der Waals surface area contributed by atoms with Crippen LogP contribution in [0.1, 0.15) is 25.3 Å². The third kappa shape index (κ3) is 3.23. The fourth-order valence-electron chi connectivity index (χ4n) is 2.49. The molecule has 0 aromatic heterocycles. The summed E-state index contributed by atoms with van der Waals surface area (Å²) >= 11 is 3.53. The number of halogens is 1. The highest BCUT2D eigenvalue weighted by molar-refractivity contribution is 9.10. The van der Waals surface area contributed by atoms with Gasteiger partial charge in [0.25, 0.3) is 0 Å². The SMILES string of the molecule is Cc1cc(Br)ccc1N1CCCNCCC1C. The van der Waals surface area contributed by atoms with Gasteiger partial charge in [-0.15, -0.1) is 0 Å². The van der Waals surface area contributed by atoms with E-state index in [-0.39, 0.29) is 0 Å². The molecule has 1 atom stereocenters. The number of benzene rings is 1. The smallest absolute Gasteiger partial charge is 0.0399 e. The predicted molar refractivity (Wildman–Crippen MR) is 77.8 cm³/mol. The molecule has 1 heterocycles. The van der Waals surface area contributed by atoms with Gasteiger partial charge in [0.15, 0.2) is 0 Å². The molecule has 94 valence electrons. The molecule has 3 heteroatoms. The van der Waals surface area contributed by atoms with Crippen molar-refractivity contribution in [2.24, 2.45) is 0 Å². The van der Waals surface area contributed by atoms with Gasteiger partial charge in [-0.1, -0.05) is 15.9 Å². The molecule has 0 saturated carbocycles.